The van der Waals surface area contributed by atoms with Crippen molar-refractivity contribution in [2.45, 2.75) is 72.4 Å². The van der Waals surface area contributed by atoms with Crippen LogP contribution in [0.25, 0.3) is 0 Å². The summed E-state index contributed by atoms with van der Waals surface area (Å²) >= 11 is 0. The van der Waals surface area contributed by atoms with Crippen LogP contribution in [0.15, 0.2) is 0 Å². The number of ether oxygens (including phenoxy) is 1. The van der Waals surface area contributed by atoms with Crippen LogP contribution in [-0.4, -0.2) is 48.8 Å². The molecule has 1 heterocycles. The summed E-state index contributed by atoms with van der Waals surface area (Å²) in [5.74, 6) is 0. The van der Waals surface area contributed by atoms with Gasteiger partial charge in [0.25, 0.3) is 0 Å². The van der Waals surface area contributed by atoms with Crippen LogP contribution in [0.5, 0.6) is 0 Å². The molecule has 0 atom stereocenters. The summed E-state index contributed by atoms with van der Waals surface area (Å²) in [5.41, 5.74) is 0.716. The largest absolute Gasteiger partial charge is 0.378 e. The maximum absolute atomic E-state index is 5.65. The summed E-state index contributed by atoms with van der Waals surface area (Å²) in [6, 6.07) is 0. The Morgan fingerprint density at radius 1 is 1.15 bits per heavy atom. The second kappa shape index (κ2) is 6.76. The Labute approximate surface area is 126 Å². The zero-order valence-corrected chi connectivity index (χ0v) is 14.8. The van der Waals surface area contributed by atoms with Crippen LogP contribution in [0.3, 0.4) is 0 Å². The lowest BCUT2D eigenvalue weighted by molar-refractivity contribution is -0.0698. The molecule has 0 aliphatic carbocycles. The fourth-order valence-corrected chi connectivity index (χ4v) is 2.82. The van der Waals surface area contributed by atoms with E-state index >= 15 is 0 Å². The summed E-state index contributed by atoms with van der Waals surface area (Å²) < 4.78 is 5.65. The SMILES string of the molecule is CCC(CC)(CNC(C)(C)C)CN1CCOCC1(C)C. The highest BCUT2D eigenvalue weighted by atomic mass is 16.5. The minimum absolute atomic E-state index is 0.162. The van der Waals surface area contributed by atoms with Gasteiger partial charge in [-0.15, -0.1) is 0 Å². The van der Waals surface area contributed by atoms with E-state index in [-0.39, 0.29) is 11.1 Å². The second-order valence-corrected chi connectivity index (χ2v) is 8.10. The molecule has 0 radical (unpaired) electrons. The topological polar surface area (TPSA) is 24.5 Å². The van der Waals surface area contributed by atoms with Gasteiger partial charge in [0.05, 0.1) is 13.2 Å². The molecule has 1 aliphatic rings. The average molecular weight is 284 g/mol. The fourth-order valence-electron chi connectivity index (χ4n) is 2.82. The first kappa shape index (κ1) is 17.9. The van der Waals surface area contributed by atoms with Crippen LogP contribution in [0.1, 0.15) is 61.3 Å². The maximum Gasteiger partial charge on any atom is 0.0645 e. The van der Waals surface area contributed by atoms with Crippen LogP contribution < -0.4 is 5.32 Å². The van der Waals surface area contributed by atoms with Gasteiger partial charge in [-0.2, -0.15) is 0 Å². The van der Waals surface area contributed by atoms with Gasteiger partial charge < -0.3 is 10.1 Å². The molecule has 0 spiro atoms. The van der Waals surface area contributed by atoms with Crippen molar-refractivity contribution < 1.29 is 4.74 Å². The molecule has 0 aromatic carbocycles. The lowest BCUT2D eigenvalue weighted by atomic mass is 9.79. The molecule has 3 nitrogen and oxygen atoms in total. The van der Waals surface area contributed by atoms with Crippen LogP contribution in [-0.2, 0) is 4.74 Å². The van der Waals surface area contributed by atoms with E-state index in [0.29, 0.717) is 5.41 Å². The number of nitrogens with one attached hydrogen (secondary N) is 1. The molecule has 0 aromatic heterocycles. The summed E-state index contributed by atoms with van der Waals surface area (Å²) in [6.07, 6.45) is 2.44. The average Bonchev–Trinajstić information content (AvgIpc) is 2.35. The van der Waals surface area contributed by atoms with Crippen molar-refractivity contribution in [3.63, 3.8) is 0 Å². The Hall–Kier alpha value is -0.120. The molecule has 0 aromatic rings. The van der Waals surface area contributed by atoms with E-state index in [2.05, 4.69) is 58.7 Å². The summed E-state index contributed by atoms with van der Waals surface area (Å²) in [4.78, 5) is 2.63. The van der Waals surface area contributed by atoms with Crippen molar-refractivity contribution in [2.75, 3.05) is 32.8 Å². The van der Waals surface area contributed by atoms with E-state index in [0.717, 1.165) is 26.3 Å². The molecule has 120 valence electrons. The van der Waals surface area contributed by atoms with Gasteiger partial charge in [0.15, 0.2) is 0 Å². The smallest absolute Gasteiger partial charge is 0.0645 e. The summed E-state index contributed by atoms with van der Waals surface area (Å²) in [6.45, 7) is 21.1. The number of rotatable bonds is 6. The number of hydrogen-bond acceptors (Lipinski definition) is 3. The molecule has 1 N–H and O–H groups in total. The Kier molecular flexibility index (Phi) is 6.06. The number of nitrogens with zero attached hydrogens (tertiary/aromatic N) is 1. The van der Waals surface area contributed by atoms with Gasteiger partial charge in [0.1, 0.15) is 0 Å². The molecule has 1 fully saturated rings. The third kappa shape index (κ3) is 5.01. The van der Waals surface area contributed by atoms with Crippen LogP contribution in [0.4, 0.5) is 0 Å². The van der Waals surface area contributed by atoms with Crippen molar-refractivity contribution in [2.24, 2.45) is 5.41 Å². The quantitative estimate of drug-likeness (QED) is 0.810. The molecule has 0 bridgehead atoms. The first-order valence-corrected chi connectivity index (χ1v) is 8.22. The zero-order chi connectivity index (χ0) is 15.4. The highest BCUT2D eigenvalue weighted by Gasteiger charge is 2.37. The van der Waals surface area contributed by atoms with Gasteiger partial charge in [0.2, 0.25) is 0 Å². The molecule has 3 heteroatoms. The Morgan fingerprint density at radius 3 is 2.20 bits per heavy atom. The van der Waals surface area contributed by atoms with Gasteiger partial charge in [0, 0.05) is 30.7 Å². The van der Waals surface area contributed by atoms with Gasteiger partial charge in [-0.1, -0.05) is 13.8 Å². The lowest BCUT2D eigenvalue weighted by Crippen LogP contribution is -2.58. The third-order valence-corrected chi connectivity index (χ3v) is 4.84. The predicted molar refractivity (Wildman–Crippen MR) is 87.2 cm³/mol. The molecule has 0 amide bonds. The van der Waals surface area contributed by atoms with E-state index in [9.17, 15) is 0 Å². The second-order valence-electron chi connectivity index (χ2n) is 8.10. The monoisotopic (exact) mass is 284 g/mol. The minimum atomic E-state index is 0.162. The first-order chi connectivity index (χ1) is 9.14. The highest BCUT2D eigenvalue weighted by molar-refractivity contribution is 4.92. The molecule has 1 rings (SSSR count). The molecule has 0 unspecified atom stereocenters. The zero-order valence-electron chi connectivity index (χ0n) is 14.8. The molecule has 1 aliphatic heterocycles. The first-order valence-electron chi connectivity index (χ1n) is 8.22. The van der Waals surface area contributed by atoms with Crippen molar-refractivity contribution in [3.8, 4) is 0 Å². The lowest BCUT2D eigenvalue weighted by Gasteiger charge is -2.48. The molecular formula is C17H36N2O. The van der Waals surface area contributed by atoms with Crippen molar-refractivity contribution in [1.29, 1.82) is 0 Å². The number of morpholine rings is 1. The van der Waals surface area contributed by atoms with Gasteiger partial charge in [-0.3, -0.25) is 4.90 Å². The maximum atomic E-state index is 5.65. The highest BCUT2D eigenvalue weighted by Crippen LogP contribution is 2.31. The Morgan fingerprint density at radius 2 is 1.75 bits per heavy atom. The molecular weight excluding hydrogens is 248 g/mol. The summed E-state index contributed by atoms with van der Waals surface area (Å²) in [7, 11) is 0. The molecule has 0 saturated carbocycles. The van der Waals surface area contributed by atoms with Gasteiger partial charge in [-0.25, -0.2) is 0 Å². The van der Waals surface area contributed by atoms with Crippen LogP contribution >= 0.6 is 0 Å². The fraction of sp³-hybridized carbons (Fsp3) is 1.00. The summed E-state index contributed by atoms with van der Waals surface area (Å²) in [5, 5.41) is 3.72. The third-order valence-electron chi connectivity index (χ3n) is 4.84. The van der Waals surface area contributed by atoms with E-state index in [1.807, 2.05) is 0 Å². The van der Waals surface area contributed by atoms with Crippen LogP contribution in [0, 0.1) is 5.41 Å². The predicted octanol–water partition coefficient (Wildman–Crippen LogP) is 3.29. The van der Waals surface area contributed by atoms with E-state index in [1.54, 1.807) is 0 Å². The van der Waals surface area contributed by atoms with Crippen molar-refractivity contribution >= 4 is 0 Å². The van der Waals surface area contributed by atoms with E-state index in [4.69, 9.17) is 4.74 Å². The van der Waals surface area contributed by atoms with E-state index in [1.165, 1.54) is 19.4 Å². The standard InChI is InChI=1S/C17H36N2O/c1-8-17(9-2,12-18-15(3,4)5)13-19-10-11-20-14-16(19,6)7/h18H,8-14H2,1-7H3. The van der Waals surface area contributed by atoms with Crippen LogP contribution in [0.2, 0.25) is 0 Å². The van der Waals surface area contributed by atoms with E-state index < -0.39 is 0 Å². The number of hydrogen-bond donors (Lipinski definition) is 1. The Bertz CT molecular complexity index is 290. The van der Waals surface area contributed by atoms with Gasteiger partial charge >= 0.3 is 0 Å². The normalized spacial score (nSPS) is 21.1. The minimum Gasteiger partial charge on any atom is -0.378 e. The van der Waals surface area contributed by atoms with Crippen molar-refractivity contribution in [3.05, 3.63) is 0 Å². The Balaban J connectivity index is 2.74. The molecule has 20 heavy (non-hydrogen) atoms. The molecule has 1 saturated heterocycles. The van der Waals surface area contributed by atoms with Crippen molar-refractivity contribution in [1.82, 2.24) is 10.2 Å². The van der Waals surface area contributed by atoms with Gasteiger partial charge in [-0.05, 0) is 52.9 Å².